The van der Waals surface area contributed by atoms with Crippen LogP contribution in [-0.2, 0) is 0 Å². The van der Waals surface area contributed by atoms with Crippen molar-refractivity contribution in [3.05, 3.63) is 42.7 Å². The van der Waals surface area contributed by atoms with E-state index in [1.807, 2.05) is 22.9 Å². The van der Waals surface area contributed by atoms with E-state index in [0.717, 1.165) is 36.9 Å². The zero-order valence-corrected chi connectivity index (χ0v) is 12.8. The standard InChI is InChI=1S/C17H20FN5/c18-12-7-17-21-9-16(11-5-6-20-8-11)23(17)10-15(12)22-14-4-2-1-3-13(14)19/h5-10,13-14,20,22H,1-4,19H2/t13-,14+/m0/s1. The summed E-state index contributed by atoms with van der Waals surface area (Å²) in [6.07, 6.45) is 11.5. The van der Waals surface area contributed by atoms with E-state index in [9.17, 15) is 4.39 Å². The minimum absolute atomic E-state index is 0.0748. The van der Waals surface area contributed by atoms with Gasteiger partial charge in [0.25, 0.3) is 0 Å². The number of anilines is 1. The van der Waals surface area contributed by atoms with E-state index >= 15 is 0 Å². The van der Waals surface area contributed by atoms with E-state index in [0.29, 0.717) is 11.3 Å². The second-order valence-corrected chi connectivity index (χ2v) is 6.21. The number of H-pyrrole nitrogens is 1. The van der Waals surface area contributed by atoms with Crippen molar-refractivity contribution in [3.8, 4) is 11.3 Å². The van der Waals surface area contributed by atoms with Gasteiger partial charge >= 0.3 is 0 Å². The fraction of sp³-hybridized carbons (Fsp3) is 0.353. The zero-order chi connectivity index (χ0) is 15.8. The van der Waals surface area contributed by atoms with Crippen LogP contribution in [0, 0.1) is 5.82 Å². The molecule has 0 unspecified atom stereocenters. The van der Waals surface area contributed by atoms with Crippen LogP contribution in [0.4, 0.5) is 10.1 Å². The number of pyridine rings is 1. The van der Waals surface area contributed by atoms with E-state index < -0.39 is 0 Å². The van der Waals surface area contributed by atoms with Gasteiger partial charge in [-0.1, -0.05) is 12.8 Å². The molecule has 3 aromatic heterocycles. The molecule has 6 heteroatoms. The molecule has 23 heavy (non-hydrogen) atoms. The summed E-state index contributed by atoms with van der Waals surface area (Å²) in [6.45, 7) is 0. The summed E-state index contributed by atoms with van der Waals surface area (Å²) in [7, 11) is 0. The summed E-state index contributed by atoms with van der Waals surface area (Å²) in [6, 6.07) is 3.63. The van der Waals surface area contributed by atoms with Crippen molar-refractivity contribution in [2.45, 2.75) is 37.8 Å². The molecule has 2 atom stereocenters. The number of nitrogens with zero attached hydrogens (tertiary/aromatic N) is 2. The molecule has 1 fully saturated rings. The van der Waals surface area contributed by atoms with Crippen molar-refractivity contribution in [1.82, 2.24) is 14.4 Å². The Kier molecular flexibility index (Phi) is 3.53. The van der Waals surface area contributed by atoms with Crippen LogP contribution in [0.5, 0.6) is 0 Å². The first-order chi connectivity index (χ1) is 11.2. The van der Waals surface area contributed by atoms with Crippen LogP contribution < -0.4 is 11.1 Å². The molecule has 4 rings (SSSR count). The molecule has 4 N–H and O–H groups in total. The lowest BCUT2D eigenvalue weighted by Crippen LogP contribution is -2.42. The van der Waals surface area contributed by atoms with Crippen molar-refractivity contribution >= 4 is 11.3 Å². The van der Waals surface area contributed by atoms with Gasteiger partial charge in [0.2, 0.25) is 0 Å². The second kappa shape index (κ2) is 5.70. The van der Waals surface area contributed by atoms with Gasteiger partial charge in [0.05, 0.1) is 17.6 Å². The Morgan fingerprint density at radius 2 is 2.22 bits per heavy atom. The Morgan fingerprint density at radius 3 is 3.00 bits per heavy atom. The Morgan fingerprint density at radius 1 is 1.35 bits per heavy atom. The fourth-order valence-corrected chi connectivity index (χ4v) is 3.34. The highest BCUT2D eigenvalue weighted by Gasteiger charge is 2.23. The third kappa shape index (κ3) is 2.59. The average molecular weight is 313 g/mol. The van der Waals surface area contributed by atoms with Gasteiger partial charge in [-0.25, -0.2) is 9.37 Å². The maximum Gasteiger partial charge on any atom is 0.151 e. The number of nitrogens with two attached hydrogens (primary N) is 1. The number of halogens is 1. The average Bonchev–Trinajstić information content (AvgIpc) is 3.19. The SMILES string of the molecule is N[C@H]1CCCC[C@H]1Nc1cn2c(-c3cc[nH]c3)cnc2cc1F. The fourth-order valence-electron chi connectivity index (χ4n) is 3.34. The Hall–Kier alpha value is -2.34. The normalized spacial score (nSPS) is 21.7. The van der Waals surface area contributed by atoms with E-state index in [4.69, 9.17) is 5.73 Å². The van der Waals surface area contributed by atoms with Crippen molar-refractivity contribution in [1.29, 1.82) is 0 Å². The predicted molar refractivity (Wildman–Crippen MR) is 88.8 cm³/mol. The molecule has 3 aromatic rings. The van der Waals surface area contributed by atoms with Gasteiger partial charge in [0.15, 0.2) is 5.82 Å². The van der Waals surface area contributed by atoms with Crippen LogP contribution in [-0.4, -0.2) is 26.5 Å². The van der Waals surface area contributed by atoms with Gasteiger partial charge in [-0.2, -0.15) is 0 Å². The van der Waals surface area contributed by atoms with E-state index in [2.05, 4.69) is 15.3 Å². The Balaban J connectivity index is 1.72. The molecule has 0 aromatic carbocycles. The lowest BCUT2D eigenvalue weighted by molar-refractivity contribution is 0.402. The predicted octanol–water partition coefficient (Wildman–Crippen LogP) is 3.15. The van der Waals surface area contributed by atoms with Crippen LogP contribution in [0.25, 0.3) is 16.9 Å². The third-order valence-corrected chi connectivity index (χ3v) is 4.65. The summed E-state index contributed by atoms with van der Waals surface area (Å²) in [4.78, 5) is 7.33. The molecule has 0 bridgehead atoms. The molecule has 1 saturated carbocycles. The summed E-state index contributed by atoms with van der Waals surface area (Å²) in [5, 5.41) is 3.30. The highest BCUT2D eigenvalue weighted by atomic mass is 19.1. The number of hydrogen-bond donors (Lipinski definition) is 3. The molecule has 0 amide bonds. The van der Waals surface area contributed by atoms with Gasteiger partial charge in [-0.15, -0.1) is 0 Å². The Bertz CT molecular complexity index is 808. The number of imidazole rings is 1. The van der Waals surface area contributed by atoms with Crippen molar-refractivity contribution in [2.75, 3.05) is 5.32 Å². The molecule has 0 aliphatic heterocycles. The third-order valence-electron chi connectivity index (χ3n) is 4.65. The van der Waals surface area contributed by atoms with Crippen LogP contribution in [0.15, 0.2) is 36.9 Å². The van der Waals surface area contributed by atoms with Crippen LogP contribution in [0.2, 0.25) is 0 Å². The summed E-state index contributed by atoms with van der Waals surface area (Å²) >= 11 is 0. The van der Waals surface area contributed by atoms with E-state index in [-0.39, 0.29) is 17.9 Å². The van der Waals surface area contributed by atoms with Crippen molar-refractivity contribution < 1.29 is 4.39 Å². The monoisotopic (exact) mass is 313 g/mol. The number of fused-ring (bicyclic) bond motifs is 1. The molecular weight excluding hydrogens is 293 g/mol. The van der Waals surface area contributed by atoms with Gasteiger partial charge in [0, 0.05) is 42.3 Å². The van der Waals surface area contributed by atoms with Gasteiger partial charge in [-0.3, -0.25) is 4.40 Å². The summed E-state index contributed by atoms with van der Waals surface area (Å²) in [5.41, 5.74) is 9.19. The number of aromatic amines is 1. The molecule has 120 valence electrons. The number of aromatic nitrogens is 3. The summed E-state index contributed by atoms with van der Waals surface area (Å²) < 4.78 is 16.3. The first-order valence-corrected chi connectivity index (χ1v) is 8.04. The molecule has 5 nitrogen and oxygen atoms in total. The van der Waals surface area contributed by atoms with Gasteiger partial charge < -0.3 is 16.0 Å². The minimum Gasteiger partial charge on any atom is -0.377 e. The highest BCUT2D eigenvalue weighted by Crippen LogP contribution is 2.26. The quantitative estimate of drug-likeness (QED) is 0.695. The van der Waals surface area contributed by atoms with Crippen LogP contribution >= 0.6 is 0 Å². The van der Waals surface area contributed by atoms with Gasteiger partial charge in [-0.05, 0) is 18.9 Å². The smallest absolute Gasteiger partial charge is 0.151 e. The highest BCUT2D eigenvalue weighted by molar-refractivity contribution is 5.65. The van der Waals surface area contributed by atoms with Crippen molar-refractivity contribution in [3.63, 3.8) is 0 Å². The molecule has 0 saturated heterocycles. The van der Waals surface area contributed by atoms with Gasteiger partial charge in [0.1, 0.15) is 5.65 Å². The minimum atomic E-state index is -0.290. The van der Waals surface area contributed by atoms with Crippen LogP contribution in [0.1, 0.15) is 25.7 Å². The molecule has 0 radical (unpaired) electrons. The Labute approximate surface area is 133 Å². The first-order valence-electron chi connectivity index (χ1n) is 8.04. The maximum atomic E-state index is 14.4. The summed E-state index contributed by atoms with van der Waals surface area (Å²) in [5.74, 6) is -0.290. The van der Waals surface area contributed by atoms with E-state index in [1.165, 1.54) is 6.07 Å². The number of hydrogen-bond acceptors (Lipinski definition) is 3. The lowest BCUT2D eigenvalue weighted by atomic mass is 9.91. The zero-order valence-electron chi connectivity index (χ0n) is 12.8. The van der Waals surface area contributed by atoms with Crippen molar-refractivity contribution in [2.24, 2.45) is 5.73 Å². The molecule has 1 aliphatic carbocycles. The largest absolute Gasteiger partial charge is 0.377 e. The first kappa shape index (κ1) is 14.3. The second-order valence-electron chi connectivity index (χ2n) is 6.21. The number of nitrogens with one attached hydrogen (secondary N) is 2. The topological polar surface area (TPSA) is 71.1 Å². The lowest BCUT2D eigenvalue weighted by Gasteiger charge is -2.30. The molecule has 1 aliphatic rings. The molecular formula is C17H20FN5. The molecule has 3 heterocycles. The molecule has 0 spiro atoms. The number of rotatable bonds is 3. The maximum absolute atomic E-state index is 14.4. The van der Waals surface area contributed by atoms with E-state index in [1.54, 1.807) is 12.4 Å². The van der Waals surface area contributed by atoms with Crippen LogP contribution in [0.3, 0.4) is 0 Å².